The first-order valence-electron chi connectivity index (χ1n) is 3.59. The van der Waals surface area contributed by atoms with Crippen LogP contribution in [0.15, 0.2) is 10.5 Å². The van der Waals surface area contributed by atoms with Gasteiger partial charge >= 0.3 is 0 Å². The summed E-state index contributed by atoms with van der Waals surface area (Å²) in [5.74, 6) is 0.593. The van der Waals surface area contributed by atoms with Crippen LogP contribution in [0.5, 0.6) is 5.88 Å². The van der Waals surface area contributed by atoms with E-state index >= 15 is 0 Å². The number of nitrogens with zero attached hydrogens (tertiary/aromatic N) is 1. The highest BCUT2D eigenvalue weighted by atomic mass is 79.9. The van der Waals surface area contributed by atoms with Gasteiger partial charge in [0.2, 0.25) is 5.88 Å². The highest BCUT2D eigenvalue weighted by molar-refractivity contribution is 9.10. The summed E-state index contributed by atoms with van der Waals surface area (Å²) in [5.41, 5.74) is 7.38. The number of halogens is 1. The summed E-state index contributed by atoms with van der Waals surface area (Å²) in [6.45, 7) is 2.41. The van der Waals surface area contributed by atoms with E-state index in [9.17, 15) is 0 Å². The zero-order valence-electron chi connectivity index (χ0n) is 7.10. The summed E-state index contributed by atoms with van der Waals surface area (Å²) < 4.78 is 5.95. The first-order valence-corrected chi connectivity index (χ1v) is 4.38. The van der Waals surface area contributed by atoms with Gasteiger partial charge in [-0.05, 0) is 34.5 Å². The summed E-state index contributed by atoms with van der Waals surface area (Å²) in [6, 6.07) is 1.94. The van der Waals surface area contributed by atoms with Crippen LogP contribution < -0.4 is 10.5 Å². The molecule has 0 aliphatic carbocycles. The van der Waals surface area contributed by atoms with Gasteiger partial charge in [0.1, 0.15) is 0 Å². The minimum absolute atomic E-state index is 0.435. The largest absolute Gasteiger partial charge is 0.480 e. The fourth-order valence-electron chi connectivity index (χ4n) is 0.934. The molecule has 0 aromatic carbocycles. The van der Waals surface area contributed by atoms with Gasteiger partial charge in [0.15, 0.2) is 0 Å². The molecule has 2 N–H and O–H groups in total. The van der Waals surface area contributed by atoms with Crippen molar-refractivity contribution >= 4 is 15.9 Å². The molecule has 0 amide bonds. The number of hydrogen-bond acceptors (Lipinski definition) is 3. The third-order valence-electron chi connectivity index (χ3n) is 1.56. The molecule has 4 heteroatoms. The Bertz CT molecular complexity index is 289. The molecule has 66 valence electrons. The van der Waals surface area contributed by atoms with Crippen molar-refractivity contribution in [1.82, 2.24) is 4.98 Å². The second kappa shape index (κ2) is 3.87. The Balaban J connectivity index is 3.19. The summed E-state index contributed by atoms with van der Waals surface area (Å²) >= 11 is 3.38. The van der Waals surface area contributed by atoms with Gasteiger partial charge in [-0.3, -0.25) is 0 Å². The van der Waals surface area contributed by atoms with E-state index in [2.05, 4.69) is 20.9 Å². The summed E-state index contributed by atoms with van der Waals surface area (Å²) in [6.07, 6.45) is 0. The molecule has 0 radical (unpaired) electrons. The van der Waals surface area contributed by atoms with Crippen LogP contribution >= 0.6 is 15.9 Å². The van der Waals surface area contributed by atoms with Crippen LogP contribution in [0.25, 0.3) is 0 Å². The molecule has 0 saturated carbocycles. The number of aromatic nitrogens is 1. The first kappa shape index (κ1) is 9.48. The molecule has 0 unspecified atom stereocenters. The molecule has 0 bridgehead atoms. The molecule has 0 saturated heterocycles. The molecule has 1 heterocycles. The second-order valence-electron chi connectivity index (χ2n) is 2.46. The number of hydrogen-bond donors (Lipinski definition) is 1. The standard InChI is InChI=1S/C8H11BrN2O/c1-5-3-6(4-10)11-8(12-2)7(5)9/h3H,4,10H2,1-2H3. The predicted octanol–water partition coefficient (Wildman–Crippen LogP) is 1.62. The van der Waals surface area contributed by atoms with E-state index in [0.717, 1.165) is 15.7 Å². The Morgan fingerprint density at radius 2 is 2.33 bits per heavy atom. The molecule has 12 heavy (non-hydrogen) atoms. The summed E-state index contributed by atoms with van der Waals surface area (Å²) in [5, 5.41) is 0. The smallest absolute Gasteiger partial charge is 0.228 e. The molecule has 1 aromatic heterocycles. The van der Waals surface area contributed by atoms with Gasteiger partial charge < -0.3 is 10.5 Å². The van der Waals surface area contributed by atoms with Crippen LogP contribution in [0.3, 0.4) is 0 Å². The van der Waals surface area contributed by atoms with Crippen molar-refractivity contribution in [3.05, 3.63) is 21.8 Å². The number of rotatable bonds is 2. The quantitative estimate of drug-likeness (QED) is 0.841. The van der Waals surface area contributed by atoms with Gasteiger partial charge in [-0.2, -0.15) is 0 Å². The lowest BCUT2D eigenvalue weighted by molar-refractivity contribution is 0.393. The molecular weight excluding hydrogens is 220 g/mol. The fourth-order valence-corrected chi connectivity index (χ4v) is 1.30. The van der Waals surface area contributed by atoms with Gasteiger partial charge in [-0.25, -0.2) is 4.98 Å². The highest BCUT2D eigenvalue weighted by Gasteiger charge is 2.06. The maximum absolute atomic E-state index is 5.46. The topological polar surface area (TPSA) is 48.1 Å². The molecule has 0 spiro atoms. The van der Waals surface area contributed by atoms with Crippen molar-refractivity contribution in [2.45, 2.75) is 13.5 Å². The van der Waals surface area contributed by atoms with Crippen molar-refractivity contribution in [2.24, 2.45) is 5.73 Å². The maximum atomic E-state index is 5.46. The van der Waals surface area contributed by atoms with E-state index < -0.39 is 0 Å². The third kappa shape index (κ3) is 1.76. The summed E-state index contributed by atoms with van der Waals surface area (Å²) in [7, 11) is 1.59. The molecule has 0 atom stereocenters. The van der Waals surface area contributed by atoms with E-state index in [0.29, 0.717) is 12.4 Å². The first-order chi connectivity index (χ1) is 5.69. The van der Waals surface area contributed by atoms with Crippen LogP contribution in [0.4, 0.5) is 0 Å². The van der Waals surface area contributed by atoms with Crippen LogP contribution in [0.2, 0.25) is 0 Å². The Kier molecular flexibility index (Phi) is 3.05. The molecular formula is C8H11BrN2O. The van der Waals surface area contributed by atoms with Crippen molar-refractivity contribution in [1.29, 1.82) is 0 Å². The maximum Gasteiger partial charge on any atom is 0.228 e. The minimum Gasteiger partial charge on any atom is -0.480 e. The molecule has 0 aliphatic rings. The van der Waals surface area contributed by atoms with Crippen molar-refractivity contribution in [3.63, 3.8) is 0 Å². The van der Waals surface area contributed by atoms with E-state index in [1.54, 1.807) is 7.11 Å². The average Bonchev–Trinajstić information content (AvgIpc) is 2.09. The lowest BCUT2D eigenvalue weighted by Gasteiger charge is -2.06. The molecule has 0 aliphatic heterocycles. The Morgan fingerprint density at radius 1 is 1.67 bits per heavy atom. The monoisotopic (exact) mass is 230 g/mol. The second-order valence-corrected chi connectivity index (χ2v) is 3.25. The zero-order chi connectivity index (χ0) is 9.14. The van der Waals surface area contributed by atoms with Gasteiger partial charge in [0.05, 0.1) is 17.3 Å². The van der Waals surface area contributed by atoms with E-state index in [1.807, 2.05) is 13.0 Å². The molecule has 3 nitrogen and oxygen atoms in total. The number of ether oxygens (including phenoxy) is 1. The number of aryl methyl sites for hydroxylation is 1. The minimum atomic E-state index is 0.435. The van der Waals surface area contributed by atoms with E-state index in [-0.39, 0.29) is 0 Å². The predicted molar refractivity (Wildman–Crippen MR) is 51.1 cm³/mol. The number of pyridine rings is 1. The van der Waals surface area contributed by atoms with Crippen LogP contribution in [-0.2, 0) is 6.54 Å². The van der Waals surface area contributed by atoms with Crippen LogP contribution in [0, 0.1) is 6.92 Å². The number of nitrogens with two attached hydrogens (primary N) is 1. The molecule has 1 aromatic rings. The Labute approximate surface area is 80.1 Å². The fraction of sp³-hybridized carbons (Fsp3) is 0.375. The van der Waals surface area contributed by atoms with E-state index in [4.69, 9.17) is 10.5 Å². The van der Waals surface area contributed by atoms with Gasteiger partial charge in [-0.15, -0.1) is 0 Å². The Morgan fingerprint density at radius 3 is 2.83 bits per heavy atom. The summed E-state index contributed by atoms with van der Waals surface area (Å²) in [4.78, 5) is 4.18. The van der Waals surface area contributed by atoms with Gasteiger partial charge in [0, 0.05) is 6.54 Å². The average molecular weight is 231 g/mol. The SMILES string of the molecule is COc1nc(CN)cc(C)c1Br. The van der Waals surface area contributed by atoms with Crippen molar-refractivity contribution < 1.29 is 4.74 Å². The van der Waals surface area contributed by atoms with Crippen LogP contribution in [0.1, 0.15) is 11.3 Å². The third-order valence-corrected chi connectivity index (χ3v) is 2.53. The van der Waals surface area contributed by atoms with Gasteiger partial charge in [-0.1, -0.05) is 0 Å². The van der Waals surface area contributed by atoms with Crippen molar-refractivity contribution in [3.8, 4) is 5.88 Å². The molecule has 1 rings (SSSR count). The molecule has 0 fully saturated rings. The van der Waals surface area contributed by atoms with Crippen molar-refractivity contribution in [2.75, 3.05) is 7.11 Å². The van der Waals surface area contributed by atoms with E-state index in [1.165, 1.54) is 0 Å². The normalized spacial score (nSPS) is 10.0. The van der Waals surface area contributed by atoms with Crippen LogP contribution in [-0.4, -0.2) is 12.1 Å². The Hall–Kier alpha value is -0.610. The van der Waals surface area contributed by atoms with Gasteiger partial charge in [0.25, 0.3) is 0 Å². The lowest BCUT2D eigenvalue weighted by atomic mass is 10.2. The lowest BCUT2D eigenvalue weighted by Crippen LogP contribution is -2.02. The zero-order valence-corrected chi connectivity index (χ0v) is 8.68. The number of methoxy groups -OCH3 is 1. The highest BCUT2D eigenvalue weighted by Crippen LogP contribution is 2.26.